The number of ether oxygens (including phenoxy) is 3. The largest absolute Gasteiger partial charge is 0.634 e. The zero-order valence-corrected chi connectivity index (χ0v) is 22.2. The van der Waals surface area contributed by atoms with E-state index in [-0.39, 0.29) is 24.7 Å². The minimum Gasteiger partial charge on any atom is -0.634 e. The van der Waals surface area contributed by atoms with Gasteiger partial charge in [-0.2, -0.15) is 5.26 Å². The number of methoxy groups -OCH3 is 1. The second kappa shape index (κ2) is 12.8. The molecular formula is C26H35ClN6O4. The number of nitriles is 1. The SMILES string of the molecule is COC[C@@H](C)[N@@H+]([O-])[C@H]1CC[C@H](Nc2cc(-c3cncc(OCC4(C#N)CCOCC4)n3)c(Cl)cn2)CC1. The Balaban J connectivity index is 1.38. The molecule has 37 heavy (non-hydrogen) atoms. The smallest absolute Gasteiger partial charge is 0.232 e. The number of nitrogens with zero attached hydrogens (tertiary/aromatic N) is 4. The van der Waals surface area contributed by atoms with E-state index in [9.17, 15) is 10.5 Å². The second-order valence-corrected chi connectivity index (χ2v) is 10.4. The van der Waals surface area contributed by atoms with Crippen LogP contribution in [0.25, 0.3) is 11.3 Å². The van der Waals surface area contributed by atoms with Gasteiger partial charge in [-0.25, -0.2) is 9.97 Å². The van der Waals surface area contributed by atoms with Crippen molar-refractivity contribution in [3.63, 3.8) is 0 Å². The van der Waals surface area contributed by atoms with Gasteiger partial charge in [0.25, 0.3) is 0 Å². The lowest BCUT2D eigenvalue weighted by Gasteiger charge is -2.40. The van der Waals surface area contributed by atoms with E-state index in [4.69, 9.17) is 25.8 Å². The van der Waals surface area contributed by atoms with Crippen LogP contribution >= 0.6 is 11.6 Å². The van der Waals surface area contributed by atoms with Crippen LogP contribution < -0.4 is 15.1 Å². The molecule has 10 nitrogen and oxygen atoms in total. The molecule has 0 unspecified atom stereocenters. The predicted molar refractivity (Wildman–Crippen MR) is 139 cm³/mol. The van der Waals surface area contributed by atoms with E-state index in [0.29, 0.717) is 65.7 Å². The van der Waals surface area contributed by atoms with E-state index >= 15 is 0 Å². The maximum Gasteiger partial charge on any atom is 0.232 e. The maximum atomic E-state index is 12.6. The summed E-state index contributed by atoms with van der Waals surface area (Å²) >= 11 is 6.47. The Bertz CT molecular complexity index is 1070. The summed E-state index contributed by atoms with van der Waals surface area (Å²) in [7, 11) is 1.63. The van der Waals surface area contributed by atoms with Gasteiger partial charge < -0.3 is 29.8 Å². The first-order chi connectivity index (χ1) is 17.9. The van der Waals surface area contributed by atoms with Gasteiger partial charge in [-0.3, -0.25) is 4.98 Å². The number of quaternary nitrogens is 1. The molecule has 0 aromatic carbocycles. The first-order valence-electron chi connectivity index (χ1n) is 12.8. The summed E-state index contributed by atoms with van der Waals surface area (Å²) in [5, 5.41) is 26.5. The van der Waals surface area contributed by atoms with Crippen molar-refractivity contribution >= 4 is 17.4 Å². The molecule has 2 aliphatic rings. The fourth-order valence-electron chi connectivity index (χ4n) is 4.99. The first-order valence-corrected chi connectivity index (χ1v) is 13.2. The van der Waals surface area contributed by atoms with Crippen molar-refractivity contribution < 1.29 is 19.3 Å². The Hall–Kier alpha value is -2.55. The molecule has 2 atom stereocenters. The third-order valence-electron chi connectivity index (χ3n) is 7.31. The van der Waals surface area contributed by atoms with Crippen molar-refractivity contribution in [2.75, 3.05) is 38.9 Å². The molecule has 0 bridgehead atoms. The van der Waals surface area contributed by atoms with Gasteiger partial charge >= 0.3 is 0 Å². The highest BCUT2D eigenvalue weighted by atomic mass is 35.5. The topological polar surface area (TPSA) is 130 Å². The van der Waals surface area contributed by atoms with Crippen LogP contribution in [0, 0.1) is 22.0 Å². The summed E-state index contributed by atoms with van der Waals surface area (Å²) in [6.07, 6.45) is 9.52. The number of hydrogen-bond acceptors (Lipinski definition) is 9. The van der Waals surface area contributed by atoms with Crippen molar-refractivity contribution in [1.82, 2.24) is 15.0 Å². The van der Waals surface area contributed by atoms with Crippen LogP contribution in [0.5, 0.6) is 5.88 Å². The molecule has 1 saturated heterocycles. The Kier molecular flexibility index (Phi) is 9.51. The van der Waals surface area contributed by atoms with E-state index < -0.39 is 5.41 Å². The molecule has 4 rings (SSSR count). The molecule has 1 aliphatic heterocycles. The van der Waals surface area contributed by atoms with Crippen LogP contribution in [-0.2, 0) is 9.47 Å². The molecule has 0 radical (unpaired) electrons. The molecule has 0 spiro atoms. The Morgan fingerprint density at radius 1 is 1.27 bits per heavy atom. The molecular weight excluding hydrogens is 496 g/mol. The number of hydroxylamine groups is 2. The lowest BCUT2D eigenvalue weighted by molar-refractivity contribution is -0.901. The highest BCUT2D eigenvalue weighted by Gasteiger charge is 2.34. The molecule has 3 heterocycles. The standard InChI is InChI=1S/C26H35ClN6O4/c1-18(15-35-2)33(34)20-5-3-19(4-6-20)31-24-11-21(22(27)12-30-24)23-13-29-14-25(32-23)37-17-26(16-28)7-9-36-10-8-26/h11-14,18-20,33H,3-10,15,17H2,1-2H3,(H,30,31)/t18-,19-,20-/m1/s1. The normalized spacial score (nSPS) is 23.0. The molecule has 2 aromatic heterocycles. The Morgan fingerprint density at radius 3 is 2.73 bits per heavy atom. The average molecular weight is 531 g/mol. The lowest BCUT2D eigenvalue weighted by Crippen LogP contribution is -3.15. The fraction of sp³-hybridized carbons (Fsp3) is 0.615. The van der Waals surface area contributed by atoms with E-state index in [1.54, 1.807) is 19.5 Å². The fourth-order valence-corrected chi connectivity index (χ4v) is 5.19. The summed E-state index contributed by atoms with van der Waals surface area (Å²) in [6.45, 7) is 3.74. The third-order valence-corrected chi connectivity index (χ3v) is 7.61. The van der Waals surface area contributed by atoms with E-state index in [0.717, 1.165) is 25.7 Å². The minimum atomic E-state index is -0.577. The van der Waals surface area contributed by atoms with Crippen LogP contribution in [-0.4, -0.2) is 66.6 Å². The van der Waals surface area contributed by atoms with Crippen molar-refractivity contribution in [3.8, 4) is 23.2 Å². The van der Waals surface area contributed by atoms with E-state index in [1.165, 1.54) is 6.20 Å². The molecule has 1 aliphatic carbocycles. The number of pyridine rings is 1. The van der Waals surface area contributed by atoms with Crippen molar-refractivity contribution in [3.05, 3.63) is 34.9 Å². The zero-order valence-electron chi connectivity index (χ0n) is 21.4. The van der Waals surface area contributed by atoms with Gasteiger partial charge in [-0.05, 0) is 38.7 Å². The van der Waals surface area contributed by atoms with Gasteiger partial charge in [-0.15, -0.1) is 0 Å². The number of halogens is 1. The molecule has 2 fully saturated rings. The summed E-state index contributed by atoms with van der Waals surface area (Å²) in [4.78, 5) is 13.3. The lowest BCUT2D eigenvalue weighted by atomic mass is 9.83. The summed E-state index contributed by atoms with van der Waals surface area (Å²) in [5.74, 6) is 1.03. The molecule has 11 heteroatoms. The van der Waals surface area contributed by atoms with Gasteiger partial charge in [-0.1, -0.05) is 11.6 Å². The molecule has 0 amide bonds. The molecule has 2 aromatic rings. The maximum absolute atomic E-state index is 12.6. The quantitative estimate of drug-likeness (QED) is 0.445. The van der Waals surface area contributed by atoms with E-state index in [1.807, 2.05) is 13.0 Å². The predicted octanol–water partition coefficient (Wildman–Crippen LogP) is 3.03. The summed E-state index contributed by atoms with van der Waals surface area (Å²) in [6, 6.07) is 4.51. The summed E-state index contributed by atoms with van der Waals surface area (Å²) in [5.41, 5.74) is 0.676. The molecule has 2 N–H and O–H groups in total. The molecule has 1 saturated carbocycles. The van der Waals surface area contributed by atoms with Gasteiger partial charge in [0, 0.05) is 51.0 Å². The highest BCUT2D eigenvalue weighted by Crippen LogP contribution is 2.32. The number of rotatable bonds is 10. The van der Waals surface area contributed by atoms with Crippen LogP contribution in [0.15, 0.2) is 24.7 Å². The number of anilines is 1. The second-order valence-electron chi connectivity index (χ2n) is 10.0. The van der Waals surface area contributed by atoms with E-state index in [2.05, 4.69) is 26.3 Å². The molecule has 200 valence electrons. The highest BCUT2D eigenvalue weighted by molar-refractivity contribution is 6.33. The van der Waals surface area contributed by atoms with Gasteiger partial charge in [0.2, 0.25) is 5.88 Å². The van der Waals surface area contributed by atoms with Crippen molar-refractivity contribution in [2.45, 2.75) is 63.6 Å². The zero-order chi connectivity index (χ0) is 26.3. The van der Waals surface area contributed by atoms with Crippen LogP contribution in [0.4, 0.5) is 5.82 Å². The third kappa shape index (κ3) is 7.06. The number of hydrogen-bond donors (Lipinski definition) is 2. The van der Waals surface area contributed by atoms with Crippen LogP contribution in [0.2, 0.25) is 5.02 Å². The first kappa shape index (κ1) is 27.5. The summed E-state index contributed by atoms with van der Waals surface area (Å²) < 4.78 is 16.4. The van der Waals surface area contributed by atoms with Gasteiger partial charge in [0.05, 0.1) is 47.2 Å². The average Bonchev–Trinajstić information content (AvgIpc) is 2.94. The van der Waals surface area contributed by atoms with Crippen molar-refractivity contribution in [1.29, 1.82) is 5.26 Å². The van der Waals surface area contributed by atoms with Crippen LogP contribution in [0.3, 0.4) is 0 Å². The number of nitrogens with one attached hydrogen (secondary N) is 2. The minimum absolute atomic E-state index is 0.0667. The number of aromatic nitrogens is 3. The Morgan fingerprint density at radius 2 is 2.03 bits per heavy atom. The van der Waals surface area contributed by atoms with Crippen molar-refractivity contribution in [2.24, 2.45) is 5.41 Å². The monoisotopic (exact) mass is 530 g/mol. The van der Waals surface area contributed by atoms with Gasteiger partial charge in [0.1, 0.15) is 18.5 Å². The van der Waals surface area contributed by atoms with Crippen LogP contribution in [0.1, 0.15) is 45.4 Å². The van der Waals surface area contributed by atoms with Gasteiger partial charge in [0.15, 0.2) is 0 Å². The Labute approximate surface area is 222 Å².